The number of hydrogen-bond donors (Lipinski definition) is 1. The fourth-order valence-electron chi connectivity index (χ4n) is 1.98. The minimum absolute atomic E-state index is 0.279. The van der Waals surface area contributed by atoms with E-state index in [1.165, 1.54) is 5.56 Å². The van der Waals surface area contributed by atoms with Crippen molar-refractivity contribution in [3.05, 3.63) is 24.2 Å². The van der Waals surface area contributed by atoms with Crippen LogP contribution in [0.5, 0.6) is 0 Å². The van der Waals surface area contributed by atoms with Crippen LogP contribution in [0.4, 0.5) is 0 Å². The predicted molar refractivity (Wildman–Crippen MR) is 67.5 cm³/mol. The molecule has 0 saturated heterocycles. The summed E-state index contributed by atoms with van der Waals surface area (Å²) < 4.78 is 5.08. The maximum absolute atomic E-state index is 5.08. The van der Waals surface area contributed by atoms with Crippen molar-refractivity contribution >= 4 is 0 Å². The fraction of sp³-hybridized carbons (Fsp3) is 0.692. The highest BCUT2D eigenvalue weighted by Gasteiger charge is 2.19. The zero-order valence-electron chi connectivity index (χ0n) is 11.1. The first-order valence-corrected chi connectivity index (χ1v) is 5.81. The zero-order chi connectivity index (χ0) is 12.2. The van der Waals surface area contributed by atoms with Crippen molar-refractivity contribution in [3.8, 4) is 0 Å². The van der Waals surface area contributed by atoms with Crippen molar-refractivity contribution in [2.24, 2.45) is 5.41 Å². The Labute approximate surface area is 98.8 Å². The van der Waals surface area contributed by atoms with E-state index < -0.39 is 0 Å². The van der Waals surface area contributed by atoms with Gasteiger partial charge in [0.05, 0.1) is 12.5 Å². The standard InChI is InChI=1S/C13H24N2O/c1-11(12-6-7-16-8-12)14-9-13(2,3)10-15(4)5/h6-8,11,14H,9-10H2,1-5H3. The summed E-state index contributed by atoms with van der Waals surface area (Å²) in [7, 11) is 4.22. The molecule has 0 aliphatic rings. The van der Waals surface area contributed by atoms with Crippen LogP contribution in [0.25, 0.3) is 0 Å². The minimum Gasteiger partial charge on any atom is -0.472 e. The van der Waals surface area contributed by atoms with Crippen LogP contribution in [0.1, 0.15) is 32.4 Å². The third-order valence-electron chi connectivity index (χ3n) is 2.67. The van der Waals surface area contributed by atoms with E-state index >= 15 is 0 Å². The summed E-state index contributed by atoms with van der Waals surface area (Å²) in [5.74, 6) is 0. The second-order valence-electron chi connectivity index (χ2n) is 5.56. The molecule has 3 nitrogen and oxygen atoms in total. The molecule has 0 aliphatic heterocycles. The average molecular weight is 224 g/mol. The normalized spacial score (nSPS) is 14.4. The number of furan rings is 1. The number of nitrogens with one attached hydrogen (secondary N) is 1. The van der Waals surface area contributed by atoms with Gasteiger partial charge in [0, 0.05) is 24.7 Å². The maximum Gasteiger partial charge on any atom is 0.0950 e. The van der Waals surface area contributed by atoms with Crippen molar-refractivity contribution in [2.75, 3.05) is 27.2 Å². The van der Waals surface area contributed by atoms with Crippen LogP contribution in [0, 0.1) is 5.41 Å². The van der Waals surface area contributed by atoms with E-state index in [-0.39, 0.29) is 5.41 Å². The number of hydrogen-bond acceptors (Lipinski definition) is 3. The van der Waals surface area contributed by atoms with Crippen LogP contribution < -0.4 is 5.32 Å². The summed E-state index contributed by atoms with van der Waals surface area (Å²) >= 11 is 0. The summed E-state index contributed by atoms with van der Waals surface area (Å²) in [6, 6.07) is 2.36. The first kappa shape index (κ1) is 13.3. The summed E-state index contributed by atoms with van der Waals surface area (Å²) in [6.07, 6.45) is 3.52. The lowest BCUT2D eigenvalue weighted by Gasteiger charge is -2.30. The second kappa shape index (κ2) is 5.51. The van der Waals surface area contributed by atoms with Crippen LogP contribution in [-0.4, -0.2) is 32.1 Å². The fourth-order valence-corrected chi connectivity index (χ4v) is 1.98. The smallest absolute Gasteiger partial charge is 0.0950 e. The van der Waals surface area contributed by atoms with Gasteiger partial charge in [0.1, 0.15) is 0 Å². The molecule has 1 heterocycles. The molecule has 1 aromatic rings. The lowest BCUT2D eigenvalue weighted by molar-refractivity contribution is 0.227. The molecule has 0 saturated carbocycles. The van der Waals surface area contributed by atoms with E-state index in [2.05, 4.69) is 45.1 Å². The van der Waals surface area contributed by atoms with Crippen molar-refractivity contribution in [2.45, 2.75) is 26.8 Å². The summed E-state index contributed by atoms with van der Waals surface area (Å²) in [5.41, 5.74) is 1.49. The predicted octanol–water partition coefficient (Wildman–Crippen LogP) is 2.52. The Hall–Kier alpha value is -0.800. The molecular weight excluding hydrogens is 200 g/mol. The molecule has 92 valence electrons. The van der Waals surface area contributed by atoms with Crippen molar-refractivity contribution in [1.82, 2.24) is 10.2 Å². The van der Waals surface area contributed by atoms with Crippen molar-refractivity contribution < 1.29 is 4.42 Å². The van der Waals surface area contributed by atoms with Crippen LogP contribution >= 0.6 is 0 Å². The van der Waals surface area contributed by atoms with Gasteiger partial charge in [0.15, 0.2) is 0 Å². The van der Waals surface area contributed by atoms with Gasteiger partial charge in [0.2, 0.25) is 0 Å². The molecule has 0 bridgehead atoms. The molecule has 1 N–H and O–H groups in total. The molecule has 0 radical (unpaired) electrons. The monoisotopic (exact) mass is 224 g/mol. The van der Waals surface area contributed by atoms with Crippen LogP contribution in [-0.2, 0) is 0 Å². The van der Waals surface area contributed by atoms with E-state index in [9.17, 15) is 0 Å². The van der Waals surface area contributed by atoms with E-state index in [4.69, 9.17) is 4.42 Å². The number of nitrogens with zero attached hydrogens (tertiary/aromatic N) is 1. The Morgan fingerprint density at radius 2 is 2.12 bits per heavy atom. The third kappa shape index (κ3) is 4.37. The van der Waals surface area contributed by atoms with Gasteiger partial charge in [-0.2, -0.15) is 0 Å². The van der Waals surface area contributed by atoms with Crippen LogP contribution in [0.15, 0.2) is 23.0 Å². The maximum atomic E-state index is 5.08. The topological polar surface area (TPSA) is 28.4 Å². The summed E-state index contributed by atoms with van der Waals surface area (Å²) in [5, 5.41) is 3.54. The highest BCUT2D eigenvalue weighted by atomic mass is 16.3. The molecule has 0 aliphatic carbocycles. The molecule has 0 amide bonds. The summed E-state index contributed by atoms with van der Waals surface area (Å²) in [4.78, 5) is 2.23. The average Bonchev–Trinajstić information content (AvgIpc) is 2.64. The van der Waals surface area contributed by atoms with Gasteiger partial charge in [-0.05, 0) is 32.5 Å². The lowest BCUT2D eigenvalue weighted by atomic mass is 9.92. The zero-order valence-corrected chi connectivity index (χ0v) is 11.1. The highest BCUT2D eigenvalue weighted by molar-refractivity contribution is 5.10. The first-order valence-electron chi connectivity index (χ1n) is 5.81. The highest BCUT2D eigenvalue weighted by Crippen LogP contribution is 2.18. The lowest BCUT2D eigenvalue weighted by Crippen LogP contribution is -2.38. The minimum atomic E-state index is 0.279. The van der Waals surface area contributed by atoms with Gasteiger partial charge in [-0.25, -0.2) is 0 Å². The van der Waals surface area contributed by atoms with Gasteiger partial charge in [-0.15, -0.1) is 0 Å². The van der Waals surface area contributed by atoms with E-state index in [0.717, 1.165) is 13.1 Å². The second-order valence-corrected chi connectivity index (χ2v) is 5.56. The molecule has 1 atom stereocenters. The molecule has 1 rings (SSSR count). The largest absolute Gasteiger partial charge is 0.472 e. The molecule has 1 aromatic heterocycles. The Morgan fingerprint density at radius 3 is 2.62 bits per heavy atom. The molecule has 0 fully saturated rings. The Bertz CT molecular complexity index is 291. The molecule has 0 aromatic carbocycles. The van der Waals surface area contributed by atoms with E-state index in [1.807, 2.05) is 6.07 Å². The van der Waals surface area contributed by atoms with E-state index in [0.29, 0.717) is 6.04 Å². The van der Waals surface area contributed by atoms with E-state index in [1.54, 1.807) is 12.5 Å². The molecular formula is C13H24N2O. The Morgan fingerprint density at radius 1 is 1.44 bits per heavy atom. The van der Waals surface area contributed by atoms with Gasteiger partial charge >= 0.3 is 0 Å². The first-order chi connectivity index (χ1) is 7.41. The number of rotatable bonds is 6. The summed E-state index contributed by atoms with van der Waals surface area (Å²) in [6.45, 7) is 8.80. The molecule has 0 spiro atoms. The van der Waals surface area contributed by atoms with Gasteiger partial charge < -0.3 is 14.6 Å². The molecule has 1 unspecified atom stereocenters. The van der Waals surface area contributed by atoms with Gasteiger partial charge in [0.25, 0.3) is 0 Å². The molecule has 3 heteroatoms. The van der Waals surface area contributed by atoms with Crippen molar-refractivity contribution in [1.29, 1.82) is 0 Å². The Balaban J connectivity index is 2.39. The van der Waals surface area contributed by atoms with Crippen LogP contribution in [0.2, 0.25) is 0 Å². The third-order valence-corrected chi connectivity index (χ3v) is 2.67. The molecule has 16 heavy (non-hydrogen) atoms. The van der Waals surface area contributed by atoms with Gasteiger partial charge in [-0.1, -0.05) is 13.8 Å². The van der Waals surface area contributed by atoms with Crippen LogP contribution in [0.3, 0.4) is 0 Å². The Kier molecular flexibility index (Phi) is 4.56. The van der Waals surface area contributed by atoms with Gasteiger partial charge in [-0.3, -0.25) is 0 Å². The quantitative estimate of drug-likeness (QED) is 0.805. The SMILES string of the molecule is CC(NCC(C)(C)CN(C)C)c1ccoc1. The van der Waals surface area contributed by atoms with Crippen molar-refractivity contribution in [3.63, 3.8) is 0 Å².